The Balaban J connectivity index is 2.01. The number of nitrogens with zero attached hydrogens (tertiary/aromatic N) is 1. The van der Waals surface area contributed by atoms with Gasteiger partial charge < -0.3 is 19.8 Å². The summed E-state index contributed by atoms with van der Waals surface area (Å²) in [6.45, 7) is 1.68. The summed E-state index contributed by atoms with van der Waals surface area (Å²) < 4.78 is 9.54. The van der Waals surface area contributed by atoms with Crippen LogP contribution in [0.15, 0.2) is 40.3 Å². The molecule has 0 bridgehead atoms. The lowest BCUT2D eigenvalue weighted by atomic mass is 10.2. The monoisotopic (exact) mass is 363 g/mol. The number of thioether (sulfide) groups is 1. The van der Waals surface area contributed by atoms with E-state index in [1.54, 1.807) is 31.2 Å². The molecule has 2 aromatic rings. The van der Waals surface area contributed by atoms with Gasteiger partial charge in [-0.05, 0) is 31.2 Å². The molecule has 8 nitrogen and oxygen atoms in total. The molecule has 0 radical (unpaired) electrons. The lowest BCUT2D eigenvalue weighted by Gasteiger charge is -2.12. The number of carbonyl (C=O) groups is 2. The lowest BCUT2D eigenvalue weighted by Crippen LogP contribution is -2.23. The van der Waals surface area contributed by atoms with Gasteiger partial charge in [0.1, 0.15) is 0 Å². The molecule has 0 aliphatic heterocycles. The average Bonchev–Trinajstić information content (AvgIpc) is 2.61. The molecule has 0 saturated carbocycles. The lowest BCUT2D eigenvalue weighted by molar-refractivity contribution is -0.115. The molecule has 0 fully saturated rings. The number of aromatic nitrogens is 2. The molecule has 1 aromatic heterocycles. The van der Waals surface area contributed by atoms with Crippen LogP contribution in [-0.4, -0.2) is 41.3 Å². The van der Waals surface area contributed by atoms with E-state index in [0.717, 1.165) is 11.8 Å². The maximum Gasteiger partial charge on any atom is 0.337 e. The molecule has 0 saturated heterocycles. The van der Waals surface area contributed by atoms with E-state index in [1.165, 1.54) is 20.3 Å². The number of amides is 1. The summed E-state index contributed by atoms with van der Waals surface area (Å²) in [5.74, 6) is -0.548. The van der Waals surface area contributed by atoms with Gasteiger partial charge in [0.2, 0.25) is 11.8 Å². The fourth-order valence-corrected chi connectivity index (χ4v) is 2.65. The third kappa shape index (κ3) is 5.08. The van der Waals surface area contributed by atoms with Gasteiger partial charge in [0, 0.05) is 5.69 Å². The van der Waals surface area contributed by atoms with E-state index in [2.05, 4.69) is 20.0 Å². The highest BCUT2D eigenvalue weighted by Crippen LogP contribution is 2.21. The zero-order valence-electron chi connectivity index (χ0n) is 13.9. The molecule has 25 heavy (non-hydrogen) atoms. The zero-order chi connectivity index (χ0) is 18.4. The van der Waals surface area contributed by atoms with E-state index < -0.39 is 11.2 Å². The number of aromatic amines is 1. The molecule has 2 N–H and O–H groups in total. The number of nitrogens with one attached hydrogen (secondary N) is 2. The van der Waals surface area contributed by atoms with E-state index in [9.17, 15) is 14.4 Å². The summed E-state index contributed by atoms with van der Waals surface area (Å²) in [6, 6.07) is 7.54. The Labute approximate surface area is 148 Å². The number of methoxy groups -OCH3 is 2. The van der Waals surface area contributed by atoms with Crippen molar-refractivity contribution in [3.05, 3.63) is 46.2 Å². The zero-order valence-corrected chi connectivity index (χ0v) is 14.7. The van der Waals surface area contributed by atoms with Gasteiger partial charge in [-0.3, -0.25) is 9.59 Å². The van der Waals surface area contributed by atoms with Gasteiger partial charge in [-0.25, -0.2) is 4.79 Å². The Hall–Kier alpha value is -2.81. The minimum atomic E-state index is -0.518. The van der Waals surface area contributed by atoms with E-state index >= 15 is 0 Å². The van der Waals surface area contributed by atoms with Gasteiger partial charge in [0.05, 0.1) is 31.1 Å². The van der Waals surface area contributed by atoms with Crippen LogP contribution in [0.4, 0.5) is 5.69 Å². The van der Waals surface area contributed by atoms with E-state index in [0.29, 0.717) is 11.3 Å². The van der Waals surface area contributed by atoms with Crippen molar-refractivity contribution in [2.24, 2.45) is 0 Å². The summed E-state index contributed by atoms with van der Waals surface area (Å²) in [5, 5.41) is 2.49. The maximum atomic E-state index is 12.3. The highest BCUT2D eigenvalue weighted by Gasteiger charge is 2.17. The predicted octanol–water partition coefficient (Wildman–Crippen LogP) is 1.68. The fraction of sp³-hybridized carbons (Fsp3) is 0.250. The molecule has 1 amide bonds. The van der Waals surface area contributed by atoms with Crippen LogP contribution in [0.5, 0.6) is 5.88 Å². The van der Waals surface area contributed by atoms with Crippen molar-refractivity contribution in [1.29, 1.82) is 0 Å². The topological polar surface area (TPSA) is 110 Å². The van der Waals surface area contributed by atoms with Gasteiger partial charge in [0.15, 0.2) is 5.16 Å². The van der Waals surface area contributed by atoms with Crippen LogP contribution >= 0.6 is 11.8 Å². The van der Waals surface area contributed by atoms with Crippen LogP contribution in [0.1, 0.15) is 17.3 Å². The van der Waals surface area contributed by atoms with Crippen LogP contribution in [0.3, 0.4) is 0 Å². The number of ether oxygens (including phenoxy) is 2. The van der Waals surface area contributed by atoms with Crippen molar-refractivity contribution >= 4 is 29.3 Å². The largest absolute Gasteiger partial charge is 0.481 e. The molecular formula is C16H17N3O5S. The fourth-order valence-electron chi connectivity index (χ4n) is 1.85. The first-order valence-corrected chi connectivity index (χ1v) is 8.12. The number of H-pyrrole nitrogens is 1. The Morgan fingerprint density at radius 1 is 1.24 bits per heavy atom. The molecule has 0 unspecified atom stereocenters. The molecule has 0 aliphatic carbocycles. The van der Waals surface area contributed by atoms with Crippen molar-refractivity contribution in [2.45, 2.75) is 17.3 Å². The van der Waals surface area contributed by atoms with Crippen LogP contribution in [0.25, 0.3) is 0 Å². The summed E-state index contributed by atoms with van der Waals surface area (Å²) >= 11 is 1.09. The third-order valence-corrected chi connectivity index (χ3v) is 4.12. The molecule has 9 heteroatoms. The minimum Gasteiger partial charge on any atom is -0.481 e. The van der Waals surface area contributed by atoms with Crippen molar-refractivity contribution in [1.82, 2.24) is 9.97 Å². The van der Waals surface area contributed by atoms with Gasteiger partial charge in [-0.1, -0.05) is 11.8 Å². The van der Waals surface area contributed by atoms with Gasteiger partial charge in [-0.15, -0.1) is 0 Å². The number of esters is 1. The molecule has 2 rings (SSSR count). The number of carbonyl (C=O) groups excluding carboxylic acids is 2. The first kappa shape index (κ1) is 18.5. The Bertz CT molecular complexity index is 819. The minimum absolute atomic E-state index is 0.178. The quantitative estimate of drug-likeness (QED) is 0.456. The number of benzene rings is 1. The second-order valence-electron chi connectivity index (χ2n) is 4.91. The molecule has 0 spiro atoms. The van der Waals surface area contributed by atoms with Crippen LogP contribution < -0.4 is 15.6 Å². The van der Waals surface area contributed by atoms with E-state index in [1.807, 2.05) is 0 Å². The molecule has 0 aliphatic rings. The second kappa shape index (κ2) is 8.34. The van der Waals surface area contributed by atoms with Crippen LogP contribution in [-0.2, 0) is 9.53 Å². The number of hydrogen-bond donors (Lipinski definition) is 2. The smallest absolute Gasteiger partial charge is 0.337 e. The molecule has 1 aromatic carbocycles. The highest BCUT2D eigenvalue weighted by molar-refractivity contribution is 8.00. The van der Waals surface area contributed by atoms with Gasteiger partial charge >= 0.3 is 5.97 Å². The van der Waals surface area contributed by atoms with Gasteiger partial charge in [0.25, 0.3) is 5.56 Å². The summed E-state index contributed by atoms with van der Waals surface area (Å²) in [7, 11) is 2.71. The first-order valence-electron chi connectivity index (χ1n) is 7.24. The maximum absolute atomic E-state index is 12.3. The molecular weight excluding hydrogens is 346 g/mol. The van der Waals surface area contributed by atoms with Crippen molar-refractivity contribution in [3.8, 4) is 5.88 Å². The Morgan fingerprint density at radius 3 is 2.52 bits per heavy atom. The van der Waals surface area contributed by atoms with Crippen LogP contribution in [0, 0.1) is 0 Å². The molecule has 1 heterocycles. The van der Waals surface area contributed by atoms with Gasteiger partial charge in [-0.2, -0.15) is 4.98 Å². The average molecular weight is 363 g/mol. The first-order chi connectivity index (χ1) is 11.9. The van der Waals surface area contributed by atoms with Crippen molar-refractivity contribution in [2.75, 3.05) is 19.5 Å². The summed E-state index contributed by atoms with van der Waals surface area (Å²) in [5.41, 5.74) is 0.568. The van der Waals surface area contributed by atoms with Crippen LogP contribution in [0.2, 0.25) is 0 Å². The predicted molar refractivity (Wildman–Crippen MR) is 93.1 cm³/mol. The number of rotatable bonds is 6. The SMILES string of the molecule is COC(=O)c1ccc(NC(=O)[C@H](C)Sc2nc(OC)cc(=O)[nH]2)cc1. The normalized spacial score (nSPS) is 11.5. The van der Waals surface area contributed by atoms with Crippen molar-refractivity contribution in [3.63, 3.8) is 0 Å². The van der Waals surface area contributed by atoms with E-state index in [-0.39, 0.29) is 22.5 Å². The standard InChI is InChI=1S/C16H17N3O5S/c1-9(25-16-18-12(20)8-13(19-16)23-2)14(21)17-11-6-4-10(5-7-11)15(22)24-3/h4-9H,1-3H3,(H,17,21)(H,18,19,20)/t9-/m0/s1. The van der Waals surface area contributed by atoms with E-state index in [4.69, 9.17) is 4.74 Å². The summed E-state index contributed by atoms with van der Waals surface area (Å²) in [6.07, 6.45) is 0. The third-order valence-electron chi connectivity index (χ3n) is 3.14. The van der Waals surface area contributed by atoms with Crippen molar-refractivity contribution < 1.29 is 19.1 Å². The second-order valence-corrected chi connectivity index (χ2v) is 6.24. The molecule has 132 valence electrons. The number of anilines is 1. The summed E-state index contributed by atoms with van der Waals surface area (Å²) in [4.78, 5) is 41.8. The molecule has 1 atom stereocenters. The Kier molecular flexibility index (Phi) is 6.18. The number of hydrogen-bond acceptors (Lipinski definition) is 7. The highest BCUT2D eigenvalue weighted by atomic mass is 32.2. The Morgan fingerprint density at radius 2 is 1.92 bits per heavy atom.